The van der Waals surface area contributed by atoms with Crippen LogP contribution in [0.25, 0.3) is 0 Å². The molecular weight excluding hydrogens is 417 g/mol. The first-order valence-corrected chi connectivity index (χ1v) is 10.6. The van der Waals surface area contributed by atoms with Gasteiger partial charge in [-0.15, -0.1) is 0 Å². The molecule has 5 heteroatoms. The van der Waals surface area contributed by atoms with Crippen LogP contribution in [0.1, 0.15) is 50.3 Å². The summed E-state index contributed by atoms with van der Waals surface area (Å²) in [6.45, 7) is 7.18. The Labute approximate surface area is 188 Å². The Morgan fingerprint density at radius 3 is 2.20 bits per heavy atom. The van der Waals surface area contributed by atoms with Crippen molar-refractivity contribution in [2.45, 2.75) is 40.0 Å². The Hall–Kier alpha value is -2.28. The minimum absolute atomic E-state index is 0.0132. The zero-order valence-electron chi connectivity index (χ0n) is 17.7. The van der Waals surface area contributed by atoms with Crippen molar-refractivity contribution in [3.63, 3.8) is 0 Å². The third-order valence-corrected chi connectivity index (χ3v) is 6.14. The van der Waals surface area contributed by atoms with Gasteiger partial charge in [0.1, 0.15) is 4.49 Å². The maximum absolute atomic E-state index is 12.8. The van der Waals surface area contributed by atoms with Gasteiger partial charge in [0.25, 0.3) is 0 Å². The fraction of sp³-hybridized carbons (Fsp3) is 0.360. The van der Waals surface area contributed by atoms with Crippen molar-refractivity contribution in [1.82, 2.24) is 0 Å². The highest BCUT2D eigenvalue weighted by Gasteiger charge is 2.58. The molecule has 2 aromatic rings. The van der Waals surface area contributed by atoms with E-state index in [-0.39, 0.29) is 10.4 Å². The summed E-state index contributed by atoms with van der Waals surface area (Å²) in [7, 11) is 0. The van der Waals surface area contributed by atoms with E-state index in [1.54, 1.807) is 13.8 Å². The van der Waals surface area contributed by atoms with Gasteiger partial charge in [0.05, 0.1) is 17.4 Å². The number of carbonyl (C=O) groups is 1. The van der Waals surface area contributed by atoms with E-state index in [1.807, 2.05) is 68.4 Å². The third-order valence-electron chi connectivity index (χ3n) is 5.92. The highest BCUT2D eigenvalue weighted by Crippen LogP contribution is 2.56. The first-order chi connectivity index (χ1) is 14.1. The number of aliphatic carboxylic acids is 1. The second-order valence-corrected chi connectivity index (χ2v) is 9.46. The molecule has 3 nitrogen and oxygen atoms in total. The average Bonchev–Trinajstić information content (AvgIpc) is 2.65. The Morgan fingerprint density at radius 1 is 1.10 bits per heavy atom. The van der Waals surface area contributed by atoms with Crippen molar-refractivity contribution in [1.29, 1.82) is 5.26 Å². The van der Waals surface area contributed by atoms with Crippen LogP contribution in [0, 0.1) is 28.1 Å². The maximum atomic E-state index is 12.8. The minimum atomic E-state index is -1.44. The monoisotopic (exact) mass is 443 g/mol. The number of allylic oxidation sites excluding steroid dienone is 1. The van der Waals surface area contributed by atoms with Crippen molar-refractivity contribution in [2.24, 2.45) is 16.7 Å². The average molecular weight is 444 g/mol. The molecule has 0 fully saturated rings. The molecule has 30 heavy (non-hydrogen) atoms. The molecule has 2 unspecified atom stereocenters. The molecule has 0 amide bonds. The lowest BCUT2D eigenvalue weighted by Gasteiger charge is -2.47. The number of halogens is 2. The molecule has 0 aromatic heterocycles. The summed E-state index contributed by atoms with van der Waals surface area (Å²) in [6, 6.07) is 19.9. The summed E-state index contributed by atoms with van der Waals surface area (Å²) in [5.74, 6) is -2.31. The van der Waals surface area contributed by atoms with Gasteiger partial charge in [0.2, 0.25) is 0 Å². The Balaban J connectivity index is 2.64. The highest BCUT2D eigenvalue weighted by molar-refractivity contribution is 6.55. The van der Waals surface area contributed by atoms with Crippen LogP contribution >= 0.6 is 23.2 Å². The lowest BCUT2D eigenvalue weighted by Crippen LogP contribution is -2.51. The van der Waals surface area contributed by atoms with Crippen molar-refractivity contribution < 1.29 is 9.90 Å². The van der Waals surface area contributed by atoms with E-state index in [2.05, 4.69) is 6.07 Å². The fourth-order valence-corrected chi connectivity index (χ4v) is 5.19. The van der Waals surface area contributed by atoms with Crippen LogP contribution < -0.4 is 0 Å². The second-order valence-electron chi connectivity index (χ2n) is 8.45. The largest absolute Gasteiger partial charge is 0.481 e. The Bertz CT molecular complexity index is 957. The molecule has 0 saturated carbocycles. The molecule has 0 heterocycles. The van der Waals surface area contributed by atoms with E-state index in [0.717, 1.165) is 11.1 Å². The summed E-state index contributed by atoms with van der Waals surface area (Å²) >= 11 is 11.9. The quantitative estimate of drug-likeness (QED) is 0.479. The van der Waals surface area contributed by atoms with E-state index >= 15 is 0 Å². The zero-order chi connectivity index (χ0) is 22.5. The van der Waals surface area contributed by atoms with Gasteiger partial charge < -0.3 is 5.11 Å². The van der Waals surface area contributed by atoms with Gasteiger partial charge in [-0.1, -0.05) is 105 Å². The fourth-order valence-electron chi connectivity index (χ4n) is 4.64. The first-order valence-electron chi connectivity index (χ1n) is 9.86. The van der Waals surface area contributed by atoms with Gasteiger partial charge in [-0.3, -0.25) is 4.79 Å². The van der Waals surface area contributed by atoms with Gasteiger partial charge in [0.15, 0.2) is 0 Å². The SMILES string of the molecule is CC(C)C(C(=O)O)(C(C#N)c1cccc(Cc2ccccc2)c1)C(C)(C)C=C(Cl)Cl. The Morgan fingerprint density at radius 2 is 1.70 bits per heavy atom. The van der Waals surface area contributed by atoms with Crippen LogP contribution in [-0.4, -0.2) is 11.1 Å². The van der Waals surface area contributed by atoms with Gasteiger partial charge in [-0.05, 0) is 35.1 Å². The van der Waals surface area contributed by atoms with E-state index in [1.165, 1.54) is 6.08 Å². The van der Waals surface area contributed by atoms with Crippen LogP contribution in [0.3, 0.4) is 0 Å². The van der Waals surface area contributed by atoms with E-state index in [4.69, 9.17) is 23.2 Å². The number of rotatable bonds is 8. The normalized spacial score (nSPS) is 14.5. The number of hydrogen-bond donors (Lipinski definition) is 1. The summed E-state index contributed by atoms with van der Waals surface area (Å²) in [6.07, 6.45) is 2.23. The first kappa shape index (κ1) is 24.0. The van der Waals surface area contributed by atoms with E-state index in [9.17, 15) is 15.2 Å². The molecule has 0 aliphatic rings. The molecule has 0 aliphatic heterocycles. The predicted octanol–water partition coefficient (Wildman–Crippen LogP) is 6.96. The van der Waals surface area contributed by atoms with Crippen LogP contribution in [-0.2, 0) is 11.2 Å². The summed E-state index contributed by atoms with van der Waals surface area (Å²) in [4.78, 5) is 12.8. The molecular formula is C25H27Cl2NO2. The van der Waals surface area contributed by atoms with Crippen LogP contribution in [0.2, 0.25) is 0 Å². The smallest absolute Gasteiger partial charge is 0.312 e. The van der Waals surface area contributed by atoms with Crippen molar-refractivity contribution in [3.05, 3.63) is 81.9 Å². The molecule has 2 atom stereocenters. The maximum Gasteiger partial charge on any atom is 0.312 e. The molecule has 158 valence electrons. The molecule has 0 bridgehead atoms. The summed E-state index contributed by atoms with van der Waals surface area (Å²) in [5.41, 5.74) is 0.415. The van der Waals surface area contributed by atoms with Crippen molar-refractivity contribution in [3.8, 4) is 6.07 Å². The van der Waals surface area contributed by atoms with Gasteiger partial charge in [-0.2, -0.15) is 5.26 Å². The standard InChI is InChI=1S/C25H27Cl2NO2/c1-17(2)25(23(29)30,24(3,4)15-22(26)27)21(16-28)20-12-8-11-19(14-20)13-18-9-6-5-7-10-18/h5-12,14-15,17,21H,13H2,1-4H3,(H,29,30). The molecule has 2 rings (SSSR count). The minimum Gasteiger partial charge on any atom is -0.481 e. The van der Waals surface area contributed by atoms with Crippen molar-refractivity contribution >= 4 is 29.2 Å². The van der Waals surface area contributed by atoms with Crippen LogP contribution in [0.5, 0.6) is 0 Å². The van der Waals surface area contributed by atoms with Gasteiger partial charge in [-0.25, -0.2) is 0 Å². The lowest BCUT2D eigenvalue weighted by atomic mass is 9.52. The molecule has 2 aromatic carbocycles. The number of nitriles is 1. The second kappa shape index (κ2) is 9.69. The van der Waals surface area contributed by atoms with Gasteiger partial charge >= 0.3 is 5.97 Å². The van der Waals surface area contributed by atoms with Crippen LogP contribution in [0.4, 0.5) is 0 Å². The number of hydrogen-bond acceptors (Lipinski definition) is 2. The van der Waals surface area contributed by atoms with E-state index in [0.29, 0.717) is 12.0 Å². The topological polar surface area (TPSA) is 61.1 Å². The number of carboxylic acids is 1. The summed E-state index contributed by atoms with van der Waals surface area (Å²) in [5, 5.41) is 20.6. The molecule has 0 aliphatic carbocycles. The predicted molar refractivity (Wildman–Crippen MR) is 123 cm³/mol. The number of benzene rings is 2. The third kappa shape index (κ3) is 4.72. The number of carboxylic acid groups (broad SMARTS) is 1. The number of nitrogens with zero attached hydrogens (tertiary/aromatic N) is 1. The Kier molecular flexibility index (Phi) is 7.75. The summed E-state index contributed by atoms with van der Waals surface area (Å²) < 4.78 is -0.0132. The van der Waals surface area contributed by atoms with E-state index < -0.39 is 22.7 Å². The highest BCUT2D eigenvalue weighted by atomic mass is 35.5. The molecule has 1 N–H and O–H groups in total. The van der Waals surface area contributed by atoms with Gasteiger partial charge in [0, 0.05) is 5.41 Å². The molecule has 0 radical (unpaired) electrons. The zero-order valence-corrected chi connectivity index (χ0v) is 19.2. The van der Waals surface area contributed by atoms with Crippen LogP contribution in [0.15, 0.2) is 65.2 Å². The van der Waals surface area contributed by atoms with Crippen molar-refractivity contribution in [2.75, 3.05) is 0 Å². The molecule has 0 spiro atoms. The lowest BCUT2D eigenvalue weighted by molar-refractivity contribution is -0.160. The molecule has 0 saturated heterocycles.